The molecule has 5 heteroatoms. The van der Waals surface area contributed by atoms with Crippen molar-refractivity contribution in [2.24, 2.45) is 0 Å². The van der Waals surface area contributed by atoms with Gasteiger partial charge in [0.1, 0.15) is 0 Å². The molecule has 0 saturated carbocycles. The van der Waals surface area contributed by atoms with E-state index >= 15 is 0 Å². The van der Waals surface area contributed by atoms with Crippen LogP contribution in [-0.2, 0) is 9.53 Å². The second-order valence-electron chi connectivity index (χ2n) is 1.30. The molecule has 2 N–H and O–H groups in total. The van der Waals surface area contributed by atoms with Gasteiger partial charge >= 0.3 is 13.1 Å². The van der Waals surface area contributed by atoms with Crippen LogP contribution in [0.2, 0.25) is 0 Å². The van der Waals surface area contributed by atoms with E-state index in [4.69, 9.17) is 10.0 Å². The summed E-state index contributed by atoms with van der Waals surface area (Å²) in [4.78, 5) is 10.2. The number of hydrogen-bond donors (Lipinski definition) is 2. The van der Waals surface area contributed by atoms with Gasteiger partial charge in [-0.05, 0) is 5.98 Å². The van der Waals surface area contributed by atoms with Crippen LogP contribution in [-0.4, -0.2) is 30.2 Å². The summed E-state index contributed by atoms with van der Waals surface area (Å²) < 4.78 is 4.15. The first kappa shape index (κ1) is 8.19. The van der Waals surface area contributed by atoms with E-state index in [2.05, 4.69) is 4.74 Å². The molecule has 0 unspecified atom stereocenters. The van der Waals surface area contributed by atoms with Gasteiger partial charge in [-0.15, -0.1) is 0 Å². The molecule has 0 spiro atoms. The second kappa shape index (κ2) is 4.11. The van der Waals surface area contributed by atoms with Crippen LogP contribution in [0.4, 0.5) is 0 Å². The number of esters is 1. The fourth-order valence-electron chi connectivity index (χ4n) is 0.233. The van der Waals surface area contributed by atoms with Gasteiger partial charge in [-0.1, -0.05) is 0 Å². The average Bonchev–Trinajstić information content (AvgIpc) is 1.83. The zero-order valence-corrected chi connectivity index (χ0v) is 4.94. The number of carbonyl (C=O) groups is 1. The Labute approximate surface area is 52.9 Å². The van der Waals surface area contributed by atoms with Crippen LogP contribution < -0.4 is 0 Å². The molecule has 0 aliphatic rings. The van der Waals surface area contributed by atoms with E-state index in [1.165, 1.54) is 7.11 Å². The van der Waals surface area contributed by atoms with Gasteiger partial charge < -0.3 is 14.8 Å². The minimum absolute atomic E-state index is 0.608. The van der Waals surface area contributed by atoms with Gasteiger partial charge in [-0.3, -0.25) is 0 Å². The number of ether oxygens (including phenoxy) is 1. The molecule has 0 aromatic rings. The molecule has 0 saturated heterocycles. The summed E-state index contributed by atoms with van der Waals surface area (Å²) in [5, 5.41) is 16.3. The fraction of sp³-hybridized carbons (Fsp3) is 0.250. The smallest absolute Gasteiger partial charge is 0.466 e. The Kier molecular flexibility index (Phi) is 3.74. The van der Waals surface area contributed by atoms with Gasteiger partial charge in [-0.2, -0.15) is 0 Å². The maximum Gasteiger partial charge on any atom is 0.480 e. The molecule has 0 aromatic heterocycles. The Morgan fingerprint density at radius 3 is 2.56 bits per heavy atom. The molecular formula is C4H7BO4. The normalized spacial score (nSPS) is 9.67. The minimum Gasteiger partial charge on any atom is -0.466 e. The van der Waals surface area contributed by atoms with Gasteiger partial charge in [0.2, 0.25) is 0 Å². The van der Waals surface area contributed by atoms with Gasteiger partial charge in [0.05, 0.1) is 7.11 Å². The van der Waals surface area contributed by atoms with Crippen LogP contribution in [0.3, 0.4) is 0 Å². The molecule has 0 aromatic carbocycles. The lowest BCUT2D eigenvalue weighted by Gasteiger charge is -1.88. The summed E-state index contributed by atoms with van der Waals surface area (Å²) >= 11 is 0. The van der Waals surface area contributed by atoms with Crippen LogP contribution >= 0.6 is 0 Å². The highest BCUT2D eigenvalue weighted by Crippen LogP contribution is 1.77. The lowest BCUT2D eigenvalue weighted by molar-refractivity contribution is -0.134. The third kappa shape index (κ3) is 5.06. The predicted molar refractivity (Wildman–Crippen MR) is 31.3 cm³/mol. The van der Waals surface area contributed by atoms with Crippen molar-refractivity contribution in [3.8, 4) is 0 Å². The van der Waals surface area contributed by atoms with Crippen molar-refractivity contribution in [1.82, 2.24) is 0 Å². The summed E-state index contributed by atoms with van der Waals surface area (Å²) in [6.07, 6.45) is 0.935. The van der Waals surface area contributed by atoms with Gasteiger partial charge in [0.25, 0.3) is 0 Å². The zero-order chi connectivity index (χ0) is 7.28. The lowest BCUT2D eigenvalue weighted by Crippen LogP contribution is -2.07. The van der Waals surface area contributed by atoms with Crippen molar-refractivity contribution in [2.45, 2.75) is 0 Å². The first-order valence-electron chi connectivity index (χ1n) is 2.29. The van der Waals surface area contributed by atoms with Gasteiger partial charge in [0.15, 0.2) is 0 Å². The van der Waals surface area contributed by atoms with Crippen LogP contribution in [0.15, 0.2) is 12.1 Å². The molecule has 50 valence electrons. The predicted octanol–water partition coefficient (Wildman–Crippen LogP) is -1.27. The first-order valence-corrected chi connectivity index (χ1v) is 2.29. The monoisotopic (exact) mass is 130 g/mol. The number of carbonyl (C=O) groups excluding carboxylic acids is 1. The topological polar surface area (TPSA) is 66.8 Å². The van der Waals surface area contributed by atoms with Crippen LogP contribution in [0.5, 0.6) is 0 Å². The molecule has 0 fully saturated rings. The first-order chi connectivity index (χ1) is 4.16. The zero-order valence-electron chi connectivity index (χ0n) is 4.94. The van der Waals surface area contributed by atoms with E-state index < -0.39 is 13.1 Å². The number of hydrogen-bond acceptors (Lipinski definition) is 4. The van der Waals surface area contributed by atoms with Crippen molar-refractivity contribution < 1.29 is 19.6 Å². The summed E-state index contributed by atoms with van der Waals surface area (Å²) in [6, 6.07) is 0. The van der Waals surface area contributed by atoms with Crippen molar-refractivity contribution in [1.29, 1.82) is 0 Å². The Morgan fingerprint density at radius 1 is 1.67 bits per heavy atom. The maximum absolute atomic E-state index is 10.2. The molecule has 0 aliphatic carbocycles. The van der Waals surface area contributed by atoms with Crippen LogP contribution in [0.25, 0.3) is 0 Å². The molecule has 0 aliphatic heterocycles. The molecule has 0 bridgehead atoms. The Morgan fingerprint density at radius 2 is 2.22 bits per heavy atom. The van der Waals surface area contributed by atoms with E-state index in [1.54, 1.807) is 0 Å². The van der Waals surface area contributed by atoms with Crippen molar-refractivity contribution in [3.63, 3.8) is 0 Å². The maximum atomic E-state index is 10.2. The molecule has 0 atom stereocenters. The van der Waals surface area contributed by atoms with E-state index in [0.29, 0.717) is 0 Å². The van der Waals surface area contributed by atoms with Crippen LogP contribution in [0.1, 0.15) is 0 Å². The van der Waals surface area contributed by atoms with Gasteiger partial charge in [-0.25, -0.2) is 4.79 Å². The Bertz CT molecular complexity index is 120. The SMILES string of the molecule is COC(=O)/C=C/B(O)O. The molecule has 0 radical (unpaired) electrons. The molecule has 4 nitrogen and oxygen atoms in total. The van der Waals surface area contributed by atoms with Crippen LogP contribution in [0, 0.1) is 0 Å². The largest absolute Gasteiger partial charge is 0.480 e. The summed E-state index contributed by atoms with van der Waals surface area (Å²) in [6.45, 7) is 0. The summed E-state index contributed by atoms with van der Waals surface area (Å²) in [5.41, 5.74) is 0. The molecule has 0 heterocycles. The van der Waals surface area contributed by atoms with E-state index in [0.717, 1.165) is 12.1 Å². The van der Waals surface area contributed by atoms with Crippen molar-refractivity contribution in [2.75, 3.05) is 7.11 Å². The third-order valence-corrected chi connectivity index (χ3v) is 0.606. The highest BCUT2D eigenvalue weighted by atomic mass is 16.5. The quantitative estimate of drug-likeness (QED) is 0.277. The molecular weight excluding hydrogens is 123 g/mol. The van der Waals surface area contributed by atoms with Crippen molar-refractivity contribution >= 4 is 13.1 Å². The number of methoxy groups -OCH3 is 1. The average molecular weight is 130 g/mol. The fourth-order valence-corrected chi connectivity index (χ4v) is 0.233. The molecule has 0 rings (SSSR count). The van der Waals surface area contributed by atoms with E-state index in [-0.39, 0.29) is 0 Å². The standard InChI is InChI=1S/C4H7BO4/c1-9-4(6)2-3-5(7)8/h2-3,7-8H,1H3/b3-2+. The molecule has 0 amide bonds. The highest BCUT2D eigenvalue weighted by molar-refractivity contribution is 6.48. The number of rotatable bonds is 2. The Balaban J connectivity index is 3.57. The lowest BCUT2D eigenvalue weighted by atomic mass is 9.92. The van der Waals surface area contributed by atoms with Crippen molar-refractivity contribution in [3.05, 3.63) is 12.1 Å². The molecule has 9 heavy (non-hydrogen) atoms. The van der Waals surface area contributed by atoms with E-state index in [9.17, 15) is 4.79 Å². The second-order valence-corrected chi connectivity index (χ2v) is 1.30. The highest BCUT2D eigenvalue weighted by Gasteiger charge is 1.99. The Hall–Kier alpha value is -0.805. The third-order valence-electron chi connectivity index (χ3n) is 0.606. The minimum atomic E-state index is -1.59. The van der Waals surface area contributed by atoms with E-state index in [1.807, 2.05) is 0 Å². The summed E-state index contributed by atoms with van der Waals surface area (Å²) in [5.74, 6) is 0.300. The summed E-state index contributed by atoms with van der Waals surface area (Å²) in [7, 11) is -0.389. The van der Waals surface area contributed by atoms with Gasteiger partial charge in [0, 0.05) is 6.08 Å².